The normalized spacial score (nSPS) is 16.4. The van der Waals surface area contributed by atoms with Crippen LogP contribution in [0, 0.1) is 27.0 Å². The average Bonchev–Trinajstić information content (AvgIpc) is 3.50. The van der Waals surface area contributed by atoms with Crippen LogP contribution in [-0.2, 0) is 26.2 Å². The molecule has 0 radical (unpaired) electrons. The van der Waals surface area contributed by atoms with Crippen molar-refractivity contribution in [3.63, 3.8) is 0 Å². The van der Waals surface area contributed by atoms with E-state index in [1.54, 1.807) is 0 Å². The van der Waals surface area contributed by atoms with Gasteiger partial charge in [0.05, 0.1) is 0 Å². The molecule has 2 atom stereocenters. The third-order valence-corrected chi connectivity index (χ3v) is 8.77. The van der Waals surface area contributed by atoms with Gasteiger partial charge in [0.1, 0.15) is 0 Å². The molecular formula is C32H24Br2SZr. The van der Waals surface area contributed by atoms with E-state index in [9.17, 15) is 0 Å². The summed E-state index contributed by atoms with van der Waals surface area (Å²) in [6.07, 6.45) is 11.5. The van der Waals surface area contributed by atoms with Crippen molar-refractivity contribution in [1.29, 1.82) is 0 Å². The molecule has 2 aliphatic rings. The third kappa shape index (κ3) is 5.25. The van der Waals surface area contributed by atoms with Crippen molar-refractivity contribution in [1.82, 2.24) is 0 Å². The fraction of sp³-hybridized carbons (Fsp3) is 0.0625. The Balaban J connectivity index is 0.00000120. The minimum absolute atomic E-state index is 0. The van der Waals surface area contributed by atoms with Crippen LogP contribution in [0.4, 0.5) is 0 Å². The zero-order valence-electron chi connectivity index (χ0n) is 20.1. The van der Waals surface area contributed by atoms with Gasteiger partial charge in [-0.15, -0.1) is 22.9 Å². The zero-order valence-corrected chi connectivity index (χ0v) is 26.5. The van der Waals surface area contributed by atoms with Crippen molar-refractivity contribution in [3.05, 3.63) is 154 Å². The Morgan fingerprint density at radius 2 is 0.944 bits per heavy atom. The van der Waals surface area contributed by atoms with Gasteiger partial charge in [-0.25, -0.2) is 12.2 Å². The van der Waals surface area contributed by atoms with E-state index in [0.717, 1.165) is 8.95 Å². The van der Waals surface area contributed by atoms with Crippen molar-refractivity contribution in [2.24, 2.45) is 0 Å². The first-order valence-electron chi connectivity index (χ1n) is 10.8. The Morgan fingerprint density at radius 3 is 1.33 bits per heavy atom. The Kier molecular flexibility index (Phi) is 10.0. The third-order valence-electron chi connectivity index (χ3n) is 6.24. The van der Waals surface area contributed by atoms with Crippen LogP contribution in [0.3, 0.4) is 0 Å². The van der Waals surface area contributed by atoms with E-state index in [4.69, 9.17) is 0 Å². The van der Waals surface area contributed by atoms with Crippen LogP contribution >= 0.6 is 43.6 Å². The minimum atomic E-state index is 0. The van der Waals surface area contributed by atoms with Crippen LogP contribution in [-0.4, -0.2) is 0 Å². The number of fused-ring (bicyclic) bond motifs is 2. The van der Waals surface area contributed by atoms with Crippen molar-refractivity contribution < 1.29 is 26.2 Å². The maximum Gasteiger partial charge on any atom is 4.00 e. The van der Waals surface area contributed by atoms with Gasteiger partial charge in [-0.2, -0.15) is 11.1 Å². The average molecular weight is 692 g/mol. The van der Waals surface area contributed by atoms with E-state index < -0.39 is 0 Å². The maximum absolute atomic E-state index is 3.81. The first-order chi connectivity index (χ1) is 16.2. The molecule has 0 saturated carbocycles. The Bertz CT molecular complexity index is 1300. The van der Waals surface area contributed by atoms with Crippen molar-refractivity contribution in [3.8, 4) is 0 Å². The second-order valence-electron chi connectivity index (χ2n) is 8.16. The molecule has 0 saturated heterocycles. The van der Waals surface area contributed by atoms with Crippen LogP contribution in [0.5, 0.6) is 0 Å². The predicted octanol–water partition coefficient (Wildman–Crippen LogP) is 10.2. The maximum atomic E-state index is 3.81. The van der Waals surface area contributed by atoms with Crippen molar-refractivity contribution in [2.75, 3.05) is 0 Å². The van der Waals surface area contributed by atoms with Gasteiger partial charge in [0.2, 0.25) is 0 Å². The molecule has 2 aliphatic carbocycles. The summed E-state index contributed by atoms with van der Waals surface area (Å²) in [4.78, 5) is 2.50. The van der Waals surface area contributed by atoms with E-state index in [1.807, 2.05) is 11.8 Å². The van der Waals surface area contributed by atoms with Crippen LogP contribution in [0.2, 0.25) is 0 Å². The number of hydrogen-bond donors (Lipinski definition) is 0. The van der Waals surface area contributed by atoms with E-state index in [1.165, 1.54) is 43.2 Å². The molecule has 0 N–H and O–H groups in total. The fourth-order valence-corrected chi connectivity index (χ4v) is 6.89. The van der Waals surface area contributed by atoms with E-state index >= 15 is 0 Å². The molecule has 176 valence electrons. The monoisotopic (exact) mass is 688 g/mol. The van der Waals surface area contributed by atoms with E-state index in [-0.39, 0.29) is 52.9 Å². The molecule has 4 aromatic carbocycles. The van der Waals surface area contributed by atoms with Crippen LogP contribution in [0.1, 0.15) is 45.2 Å². The number of hydrogen-bond acceptors (Lipinski definition) is 1. The smallest absolute Gasteiger partial charge is 0.358 e. The van der Waals surface area contributed by atoms with Crippen LogP contribution in [0.25, 0.3) is 12.2 Å². The standard InChI is InChI=1S/C30H18Br2S.2CH3.Zr/c31-25-15-17-27(23-13-11-21(29(23)25)19-7-3-1-4-8-19)33-28-18-16-26(32)30-22(12-14-24(28)30)20-9-5-2-6-10-20;;;/h1-10,13-18,21-22H;2*1H3;/q-2;2*-1;+4. The number of allylic oxidation sites excluding steroid dienone is 2. The van der Waals surface area contributed by atoms with Gasteiger partial charge in [0.15, 0.2) is 0 Å². The summed E-state index contributed by atoms with van der Waals surface area (Å²) < 4.78 is 2.27. The molecule has 0 bridgehead atoms. The molecular weight excluding hydrogens is 667 g/mol. The summed E-state index contributed by atoms with van der Waals surface area (Å²) in [5.41, 5.74) is 7.63. The van der Waals surface area contributed by atoms with E-state index in [2.05, 4.69) is 141 Å². The van der Waals surface area contributed by atoms with Gasteiger partial charge in [-0.3, -0.25) is 12.2 Å². The first-order valence-corrected chi connectivity index (χ1v) is 13.2. The SMILES string of the molecule is Brc1ccc(Sc2ccc(Br)c3c2C=[C-]C3c2ccccc2)c2c1C(c1ccccc1)[C-]=C2.[CH3-].[CH3-].[Zr+4]. The van der Waals surface area contributed by atoms with Gasteiger partial charge in [-0.05, 0) is 12.1 Å². The molecule has 0 heterocycles. The van der Waals surface area contributed by atoms with Crippen molar-refractivity contribution >= 4 is 55.8 Å². The second kappa shape index (κ2) is 12.4. The number of halogens is 2. The largest absolute Gasteiger partial charge is 4.00 e. The summed E-state index contributed by atoms with van der Waals surface area (Å²) in [6, 6.07) is 30.0. The minimum Gasteiger partial charge on any atom is -0.358 e. The molecule has 6 rings (SSSR count). The van der Waals surface area contributed by atoms with Gasteiger partial charge >= 0.3 is 26.2 Å². The zero-order chi connectivity index (χ0) is 22.4. The summed E-state index contributed by atoms with van der Waals surface area (Å²) in [7, 11) is 0. The van der Waals surface area contributed by atoms with Gasteiger partial charge < -0.3 is 14.9 Å². The van der Waals surface area contributed by atoms with Gasteiger partial charge in [0, 0.05) is 8.95 Å². The molecule has 4 aromatic rings. The molecule has 0 nitrogen and oxygen atoms in total. The Morgan fingerprint density at radius 1 is 0.556 bits per heavy atom. The summed E-state index contributed by atoms with van der Waals surface area (Å²) in [6.45, 7) is 0. The van der Waals surface area contributed by atoms with Gasteiger partial charge in [-0.1, -0.05) is 137 Å². The molecule has 0 spiro atoms. The van der Waals surface area contributed by atoms with Crippen LogP contribution < -0.4 is 0 Å². The van der Waals surface area contributed by atoms with Gasteiger partial charge in [0.25, 0.3) is 0 Å². The molecule has 0 aromatic heterocycles. The molecule has 0 aliphatic heterocycles. The first kappa shape index (κ1) is 29.1. The predicted molar refractivity (Wildman–Crippen MR) is 157 cm³/mol. The number of benzene rings is 4. The molecule has 0 amide bonds. The Hall–Kier alpha value is -1.45. The Labute approximate surface area is 255 Å². The van der Waals surface area contributed by atoms with Crippen molar-refractivity contribution in [2.45, 2.75) is 21.6 Å². The second-order valence-corrected chi connectivity index (χ2v) is 10.9. The molecule has 0 fully saturated rings. The summed E-state index contributed by atoms with van der Waals surface area (Å²) in [5.74, 6) is 0.310. The van der Waals surface area contributed by atoms with E-state index in [0.29, 0.717) is 0 Å². The molecule has 4 heteroatoms. The molecule has 36 heavy (non-hydrogen) atoms. The number of rotatable bonds is 4. The van der Waals surface area contributed by atoms with Crippen LogP contribution in [0.15, 0.2) is 104 Å². The quantitative estimate of drug-likeness (QED) is 0.192. The fourth-order valence-electron chi connectivity index (χ4n) is 4.68. The topological polar surface area (TPSA) is 0 Å². The summed E-state index contributed by atoms with van der Waals surface area (Å²) in [5, 5.41) is 0. The molecule has 2 unspecified atom stereocenters. The summed E-state index contributed by atoms with van der Waals surface area (Å²) >= 11 is 9.44.